The fourth-order valence-electron chi connectivity index (χ4n) is 2.98. The van der Waals surface area contributed by atoms with Gasteiger partial charge < -0.3 is 16.3 Å². The molecule has 21 heavy (non-hydrogen) atoms. The second kappa shape index (κ2) is 7.41. The van der Waals surface area contributed by atoms with E-state index in [9.17, 15) is 4.39 Å². The normalized spacial score (nSPS) is 18.7. The van der Waals surface area contributed by atoms with Gasteiger partial charge in [-0.15, -0.1) is 0 Å². The maximum Gasteiger partial charge on any atom is 0.170 e. The van der Waals surface area contributed by atoms with Gasteiger partial charge in [-0.05, 0) is 31.7 Å². The van der Waals surface area contributed by atoms with Crippen LogP contribution >= 0.6 is 0 Å². The van der Waals surface area contributed by atoms with Crippen molar-refractivity contribution in [2.45, 2.75) is 51.6 Å². The minimum Gasteiger partial charge on any atom is -0.409 e. The van der Waals surface area contributed by atoms with Crippen LogP contribution in [0.2, 0.25) is 0 Å². The minimum atomic E-state index is -0.331. The maximum atomic E-state index is 14.0. The molecule has 116 valence electrons. The van der Waals surface area contributed by atoms with Crippen molar-refractivity contribution in [3.63, 3.8) is 0 Å². The quantitative estimate of drug-likeness (QED) is 0.338. The second-order valence-corrected chi connectivity index (χ2v) is 5.86. The molecule has 0 unspecified atom stereocenters. The predicted molar refractivity (Wildman–Crippen MR) is 81.8 cm³/mol. The molecule has 1 aliphatic carbocycles. The first kappa shape index (κ1) is 15.8. The van der Waals surface area contributed by atoms with Crippen molar-refractivity contribution in [2.24, 2.45) is 16.8 Å². The van der Waals surface area contributed by atoms with E-state index in [2.05, 4.69) is 17.4 Å². The Bertz CT molecular complexity index is 498. The van der Waals surface area contributed by atoms with Gasteiger partial charge in [-0.3, -0.25) is 0 Å². The number of oxime groups is 1. The molecule has 1 atom stereocenters. The van der Waals surface area contributed by atoms with Gasteiger partial charge in [0.1, 0.15) is 5.82 Å². The summed E-state index contributed by atoms with van der Waals surface area (Å²) in [4.78, 5) is 0. The predicted octanol–water partition coefficient (Wildman–Crippen LogP) is 2.98. The lowest BCUT2D eigenvalue weighted by molar-refractivity contribution is 0.280. The van der Waals surface area contributed by atoms with Crippen LogP contribution in [0.3, 0.4) is 0 Å². The Hall–Kier alpha value is -1.62. The lowest BCUT2D eigenvalue weighted by Gasteiger charge is -2.28. The van der Waals surface area contributed by atoms with E-state index < -0.39 is 0 Å². The van der Waals surface area contributed by atoms with Crippen LogP contribution < -0.4 is 11.1 Å². The van der Waals surface area contributed by atoms with E-state index in [0.717, 1.165) is 0 Å². The number of hydrogen-bond acceptors (Lipinski definition) is 3. The number of nitrogens with one attached hydrogen (secondary N) is 1. The topological polar surface area (TPSA) is 70.6 Å². The highest BCUT2D eigenvalue weighted by Gasteiger charge is 2.19. The smallest absolute Gasteiger partial charge is 0.170 e. The van der Waals surface area contributed by atoms with Gasteiger partial charge in [0, 0.05) is 23.7 Å². The highest BCUT2D eigenvalue weighted by molar-refractivity contribution is 5.97. The Morgan fingerprint density at radius 1 is 1.43 bits per heavy atom. The summed E-state index contributed by atoms with van der Waals surface area (Å²) < 4.78 is 14.0. The van der Waals surface area contributed by atoms with Crippen LogP contribution in [0.1, 0.15) is 50.2 Å². The summed E-state index contributed by atoms with van der Waals surface area (Å²) >= 11 is 0. The number of benzene rings is 1. The van der Waals surface area contributed by atoms with Crippen LogP contribution in [0.25, 0.3) is 0 Å². The molecule has 0 saturated heterocycles. The SMILES string of the molecule is C[C@H](NCc1ccc(/C(N)=N/O)cc1F)C1CCCCC1. The Morgan fingerprint density at radius 3 is 2.76 bits per heavy atom. The fraction of sp³-hybridized carbons (Fsp3) is 0.562. The number of hydrogen-bond donors (Lipinski definition) is 3. The lowest BCUT2D eigenvalue weighted by Crippen LogP contribution is -2.34. The van der Waals surface area contributed by atoms with Crippen LogP contribution in [0.4, 0.5) is 4.39 Å². The number of nitrogens with zero attached hydrogens (tertiary/aromatic N) is 1. The first-order chi connectivity index (χ1) is 10.1. The molecular weight excluding hydrogens is 269 g/mol. The van der Waals surface area contributed by atoms with Crippen molar-refractivity contribution in [1.82, 2.24) is 5.32 Å². The van der Waals surface area contributed by atoms with Gasteiger partial charge in [0.2, 0.25) is 0 Å². The molecule has 4 N–H and O–H groups in total. The average molecular weight is 293 g/mol. The lowest BCUT2D eigenvalue weighted by atomic mass is 9.84. The van der Waals surface area contributed by atoms with E-state index >= 15 is 0 Å². The molecule has 1 aromatic carbocycles. The molecule has 0 heterocycles. The summed E-state index contributed by atoms with van der Waals surface area (Å²) in [6, 6.07) is 5.05. The third-order valence-electron chi connectivity index (χ3n) is 4.43. The van der Waals surface area contributed by atoms with Gasteiger partial charge >= 0.3 is 0 Å². The number of amidine groups is 1. The molecule has 2 rings (SSSR count). The zero-order chi connectivity index (χ0) is 15.2. The summed E-state index contributed by atoms with van der Waals surface area (Å²) in [7, 11) is 0. The standard InChI is InChI=1S/C16H24FN3O/c1-11(12-5-3-2-4-6-12)19-10-14-8-7-13(9-15(14)17)16(18)20-21/h7-9,11-12,19,21H,2-6,10H2,1H3,(H2,18,20)/t11-/m0/s1. The van der Waals surface area contributed by atoms with E-state index in [0.29, 0.717) is 29.6 Å². The summed E-state index contributed by atoms with van der Waals surface area (Å²) in [5.74, 6) is 0.282. The molecule has 5 heteroatoms. The van der Waals surface area contributed by atoms with E-state index in [1.165, 1.54) is 38.2 Å². The minimum absolute atomic E-state index is 0.0796. The molecule has 0 bridgehead atoms. The highest BCUT2D eigenvalue weighted by atomic mass is 19.1. The van der Waals surface area contributed by atoms with E-state index in [1.807, 2.05) is 0 Å². The largest absolute Gasteiger partial charge is 0.409 e. The Balaban J connectivity index is 1.93. The van der Waals surface area contributed by atoms with Gasteiger partial charge in [-0.2, -0.15) is 0 Å². The van der Waals surface area contributed by atoms with E-state index in [4.69, 9.17) is 10.9 Å². The Morgan fingerprint density at radius 2 is 2.14 bits per heavy atom. The van der Waals surface area contributed by atoms with Crippen LogP contribution in [-0.2, 0) is 6.54 Å². The van der Waals surface area contributed by atoms with Gasteiger partial charge in [-0.1, -0.05) is 36.6 Å². The summed E-state index contributed by atoms with van der Waals surface area (Å²) in [6.45, 7) is 2.68. The number of rotatable bonds is 5. The first-order valence-electron chi connectivity index (χ1n) is 7.61. The van der Waals surface area contributed by atoms with Crippen molar-refractivity contribution >= 4 is 5.84 Å². The van der Waals surface area contributed by atoms with Gasteiger partial charge in [-0.25, -0.2) is 4.39 Å². The molecule has 0 spiro atoms. The Kier molecular flexibility index (Phi) is 5.56. The first-order valence-corrected chi connectivity index (χ1v) is 7.61. The second-order valence-electron chi connectivity index (χ2n) is 5.86. The molecule has 1 fully saturated rings. The van der Waals surface area contributed by atoms with Crippen molar-refractivity contribution in [1.29, 1.82) is 0 Å². The van der Waals surface area contributed by atoms with E-state index in [1.54, 1.807) is 12.1 Å². The fourth-order valence-corrected chi connectivity index (χ4v) is 2.98. The molecule has 1 aliphatic rings. The van der Waals surface area contributed by atoms with Gasteiger partial charge in [0.15, 0.2) is 5.84 Å². The molecule has 0 radical (unpaired) electrons. The number of halogens is 1. The monoisotopic (exact) mass is 293 g/mol. The van der Waals surface area contributed by atoms with Gasteiger partial charge in [0.25, 0.3) is 0 Å². The molecular formula is C16H24FN3O. The maximum absolute atomic E-state index is 14.0. The Labute approximate surface area is 125 Å². The summed E-state index contributed by atoms with van der Waals surface area (Å²) in [6.07, 6.45) is 6.48. The van der Waals surface area contributed by atoms with Crippen molar-refractivity contribution in [3.05, 3.63) is 35.1 Å². The molecule has 4 nitrogen and oxygen atoms in total. The third-order valence-corrected chi connectivity index (χ3v) is 4.43. The van der Waals surface area contributed by atoms with Crippen LogP contribution in [0.5, 0.6) is 0 Å². The third kappa shape index (κ3) is 4.17. The van der Waals surface area contributed by atoms with Crippen molar-refractivity contribution in [3.8, 4) is 0 Å². The van der Waals surface area contributed by atoms with Crippen LogP contribution in [0.15, 0.2) is 23.4 Å². The van der Waals surface area contributed by atoms with Gasteiger partial charge in [0.05, 0.1) is 0 Å². The zero-order valence-electron chi connectivity index (χ0n) is 12.5. The molecule has 0 aliphatic heterocycles. The van der Waals surface area contributed by atoms with E-state index in [-0.39, 0.29) is 11.7 Å². The average Bonchev–Trinajstić information content (AvgIpc) is 2.53. The molecule has 0 amide bonds. The summed E-state index contributed by atoms with van der Waals surface area (Å²) in [5, 5.41) is 14.9. The highest BCUT2D eigenvalue weighted by Crippen LogP contribution is 2.26. The number of nitrogens with two attached hydrogens (primary N) is 1. The van der Waals surface area contributed by atoms with Crippen molar-refractivity contribution in [2.75, 3.05) is 0 Å². The summed E-state index contributed by atoms with van der Waals surface area (Å²) in [5.41, 5.74) is 6.44. The molecule has 1 saturated carbocycles. The molecule has 0 aromatic heterocycles. The zero-order valence-corrected chi connectivity index (χ0v) is 12.5. The van der Waals surface area contributed by atoms with Crippen molar-refractivity contribution < 1.29 is 9.60 Å². The van der Waals surface area contributed by atoms with Crippen LogP contribution in [0, 0.1) is 11.7 Å². The van der Waals surface area contributed by atoms with Crippen LogP contribution in [-0.4, -0.2) is 17.1 Å². The molecule has 1 aromatic rings.